The van der Waals surface area contributed by atoms with Crippen molar-refractivity contribution < 1.29 is 14.1 Å². The van der Waals surface area contributed by atoms with Gasteiger partial charge in [0.15, 0.2) is 5.82 Å². The fourth-order valence-corrected chi connectivity index (χ4v) is 2.68. The first-order valence-corrected chi connectivity index (χ1v) is 6.56. The lowest BCUT2D eigenvalue weighted by Gasteiger charge is -2.16. The van der Waals surface area contributed by atoms with Crippen molar-refractivity contribution >= 4 is 5.97 Å². The number of H-pyrrole nitrogens is 1. The average Bonchev–Trinajstić information content (AvgIpc) is 3.20. The van der Waals surface area contributed by atoms with E-state index in [9.17, 15) is 4.79 Å². The van der Waals surface area contributed by atoms with Crippen LogP contribution in [-0.2, 0) is 9.53 Å². The summed E-state index contributed by atoms with van der Waals surface area (Å²) in [6.07, 6.45) is 5.53. The lowest BCUT2D eigenvalue weighted by Crippen LogP contribution is -2.21. The van der Waals surface area contributed by atoms with Gasteiger partial charge in [0.1, 0.15) is 12.2 Å². The van der Waals surface area contributed by atoms with Gasteiger partial charge in [-0.1, -0.05) is 18.0 Å². The van der Waals surface area contributed by atoms with Crippen LogP contribution in [0.2, 0.25) is 0 Å². The number of nitrogens with zero attached hydrogens (tertiary/aromatic N) is 4. The maximum atomic E-state index is 12.0. The van der Waals surface area contributed by atoms with Crippen molar-refractivity contribution in [1.29, 1.82) is 0 Å². The van der Waals surface area contributed by atoms with Gasteiger partial charge in [-0.15, -0.1) is 0 Å². The molecule has 1 aliphatic rings. The van der Waals surface area contributed by atoms with E-state index in [1.165, 1.54) is 13.4 Å². The van der Waals surface area contributed by atoms with Gasteiger partial charge in [-0.3, -0.25) is 9.89 Å². The fraction of sp³-hybridized carbons (Fsp3) is 0.583. The molecule has 1 unspecified atom stereocenters. The van der Waals surface area contributed by atoms with Gasteiger partial charge in [-0.2, -0.15) is 10.1 Å². The molecule has 2 aromatic heterocycles. The highest BCUT2D eigenvalue weighted by Crippen LogP contribution is 2.37. The van der Waals surface area contributed by atoms with Crippen molar-refractivity contribution in [1.82, 2.24) is 25.3 Å². The molecule has 20 heavy (non-hydrogen) atoms. The zero-order chi connectivity index (χ0) is 13.9. The van der Waals surface area contributed by atoms with Crippen LogP contribution in [0, 0.1) is 5.92 Å². The lowest BCUT2D eigenvalue weighted by atomic mass is 9.91. The molecule has 1 N–H and O–H groups in total. The third kappa shape index (κ3) is 2.28. The maximum Gasteiger partial charge on any atom is 0.318 e. The van der Waals surface area contributed by atoms with Crippen molar-refractivity contribution in [2.75, 3.05) is 7.11 Å². The van der Waals surface area contributed by atoms with Crippen LogP contribution in [0.25, 0.3) is 11.6 Å². The number of carbonyl (C=O) groups is 1. The molecule has 1 saturated carbocycles. The summed E-state index contributed by atoms with van der Waals surface area (Å²) >= 11 is 0. The van der Waals surface area contributed by atoms with Crippen LogP contribution in [0.4, 0.5) is 0 Å². The SMILES string of the molecule is COC(=O)C(c1nc(-c2ncn[nH]2)no1)C1CCCC1. The number of nitrogens with one attached hydrogen (secondary N) is 1. The molecular weight excluding hydrogens is 262 g/mol. The third-order valence-electron chi connectivity index (χ3n) is 3.66. The highest BCUT2D eigenvalue weighted by atomic mass is 16.5. The molecule has 8 nitrogen and oxygen atoms in total. The second-order valence-corrected chi connectivity index (χ2v) is 4.84. The van der Waals surface area contributed by atoms with Gasteiger partial charge in [0.2, 0.25) is 11.7 Å². The van der Waals surface area contributed by atoms with Crippen LogP contribution < -0.4 is 0 Å². The molecule has 0 radical (unpaired) electrons. The summed E-state index contributed by atoms with van der Waals surface area (Å²) in [5.41, 5.74) is 0. The van der Waals surface area contributed by atoms with E-state index in [2.05, 4.69) is 25.3 Å². The molecule has 0 amide bonds. The first-order chi connectivity index (χ1) is 9.79. The molecule has 0 aliphatic heterocycles. The van der Waals surface area contributed by atoms with E-state index < -0.39 is 5.92 Å². The van der Waals surface area contributed by atoms with Gasteiger partial charge in [0.25, 0.3) is 0 Å². The number of hydrogen-bond acceptors (Lipinski definition) is 7. The molecule has 2 aromatic rings. The van der Waals surface area contributed by atoms with Gasteiger partial charge in [0.05, 0.1) is 7.11 Å². The summed E-state index contributed by atoms with van der Waals surface area (Å²) in [6.45, 7) is 0. The van der Waals surface area contributed by atoms with Crippen LogP contribution in [0.15, 0.2) is 10.9 Å². The average molecular weight is 277 g/mol. The van der Waals surface area contributed by atoms with Crippen LogP contribution in [0.1, 0.15) is 37.5 Å². The monoisotopic (exact) mass is 277 g/mol. The number of esters is 1. The number of carbonyl (C=O) groups excluding carboxylic acids is 1. The van der Waals surface area contributed by atoms with E-state index in [0.29, 0.717) is 11.6 Å². The van der Waals surface area contributed by atoms with Gasteiger partial charge in [-0.05, 0) is 18.8 Å². The number of hydrogen-bond donors (Lipinski definition) is 1. The first kappa shape index (κ1) is 12.8. The van der Waals surface area contributed by atoms with Crippen LogP contribution in [-0.4, -0.2) is 38.4 Å². The predicted octanol–water partition coefficient (Wildman–Crippen LogP) is 1.30. The van der Waals surface area contributed by atoms with Crippen LogP contribution in [0.5, 0.6) is 0 Å². The molecule has 0 aromatic carbocycles. The molecular formula is C12H15N5O3. The second kappa shape index (κ2) is 5.40. The highest BCUT2D eigenvalue weighted by Gasteiger charge is 2.37. The number of ether oxygens (including phenoxy) is 1. The summed E-state index contributed by atoms with van der Waals surface area (Å²) in [5, 5.41) is 10.2. The molecule has 3 rings (SSSR count). The van der Waals surface area contributed by atoms with E-state index >= 15 is 0 Å². The number of aromatic nitrogens is 5. The third-order valence-corrected chi connectivity index (χ3v) is 3.66. The Labute approximate surface area is 114 Å². The molecule has 0 bridgehead atoms. The maximum absolute atomic E-state index is 12.0. The summed E-state index contributed by atoms with van der Waals surface area (Å²) < 4.78 is 10.1. The molecule has 106 valence electrons. The van der Waals surface area contributed by atoms with E-state index in [0.717, 1.165) is 25.7 Å². The molecule has 1 aliphatic carbocycles. The molecule has 1 fully saturated rings. The molecule has 0 saturated heterocycles. The summed E-state index contributed by atoms with van der Waals surface area (Å²) in [5.74, 6) is 0.372. The zero-order valence-corrected chi connectivity index (χ0v) is 11.1. The summed E-state index contributed by atoms with van der Waals surface area (Å²) in [7, 11) is 1.37. The van der Waals surface area contributed by atoms with E-state index in [1.807, 2.05) is 0 Å². The number of methoxy groups -OCH3 is 1. The minimum Gasteiger partial charge on any atom is -0.468 e. The molecule has 2 heterocycles. The minimum atomic E-state index is -0.494. The molecule has 0 spiro atoms. The van der Waals surface area contributed by atoms with Crippen molar-refractivity contribution in [3.63, 3.8) is 0 Å². The van der Waals surface area contributed by atoms with E-state index in [-0.39, 0.29) is 17.8 Å². The quantitative estimate of drug-likeness (QED) is 0.839. The van der Waals surface area contributed by atoms with Crippen LogP contribution >= 0.6 is 0 Å². The number of rotatable bonds is 4. The molecule has 1 atom stereocenters. The van der Waals surface area contributed by atoms with Crippen LogP contribution in [0.3, 0.4) is 0 Å². The van der Waals surface area contributed by atoms with Crippen molar-refractivity contribution in [3.8, 4) is 11.6 Å². The molecule has 8 heteroatoms. The van der Waals surface area contributed by atoms with Gasteiger partial charge in [0, 0.05) is 0 Å². The standard InChI is InChI=1S/C12H15N5O3/c1-19-12(18)8(7-4-2-3-5-7)11-15-10(17-20-11)9-13-6-14-16-9/h6-8H,2-5H2,1H3,(H,13,14,16). The van der Waals surface area contributed by atoms with Gasteiger partial charge in [-0.25, -0.2) is 4.98 Å². The van der Waals surface area contributed by atoms with Gasteiger partial charge >= 0.3 is 5.97 Å². The van der Waals surface area contributed by atoms with Crippen molar-refractivity contribution in [2.24, 2.45) is 5.92 Å². The van der Waals surface area contributed by atoms with Crippen molar-refractivity contribution in [2.45, 2.75) is 31.6 Å². The zero-order valence-electron chi connectivity index (χ0n) is 11.1. The topological polar surface area (TPSA) is 107 Å². The smallest absolute Gasteiger partial charge is 0.318 e. The largest absolute Gasteiger partial charge is 0.468 e. The highest BCUT2D eigenvalue weighted by molar-refractivity contribution is 5.77. The predicted molar refractivity (Wildman–Crippen MR) is 66.4 cm³/mol. The van der Waals surface area contributed by atoms with E-state index in [1.54, 1.807) is 0 Å². The fourth-order valence-electron chi connectivity index (χ4n) is 2.68. The van der Waals surface area contributed by atoms with E-state index in [4.69, 9.17) is 9.26 Å². The Morgan fingerprint density at radius 2 is 2.30 bits per heavy atom. The number of aromatic amines is 1. The second-order valence-electron chi connectivity index (χ2n) is 4.84. The normalized spacial score (nSPS) is 17.2. The Hall–Kier alpha value is -2.25. The van der Waals surface area contributed by atoms with Crippen molar-refractivity contribution in [3.05, 3.63) is 12.2 Å². The Morgan fingerprint density at radius 1 is 1.50 bits per heavy atom. The van der Waals surface area contributed by atoms with Gasteiger partial charge < -0.3 is 9.26 Å². The Bertz CT molecular complexity index is 574. The summed E-state index contributed by atoms with van der Waals surface area (Å²) in [6, 6.07) is 0. The first-order valence-electron chi connectivity index (χ1n) is 6.56. The Kier molecular flexibility index (Phi) is 3.44. The Balaban J connectivity index is 1.89. The minimum absolute atomic E-state index is 0.200. The Morgan fingerprint density at radius 3 is 2.95 bits per heavy atom. The summed E-state index contributed by atoms with van der Waals surface area (Å²) in [4.78, 5) is 20.2. The lowest BCUT2D eigenvalue weighted by molar-refractivity contribution is -0.144.